The fourth-order valence-electron chi connectivity index (χ4n) is 2.46. The van der Waals surface area contributed by atoms with E-state index in [2.05, 4.69) is 5.32 Å². The van der Waals surface area contributed by atoms with Crippen molar-refractivity contribution in [3.05, 3.63) is 65.5 Å². The lowest BCUT2D eigenvalue weighted by Gasteiger charge is -2.10. The maximum absolute atomic E-state index is 13.4. The van der Waals surface area contributed by atoms with Gasteiger partial charge in [0.2, 0.25) is 0 Å². The number of methoxy groups -OCH3 is 1. The van der Waals surface area contributed by atoms with Crippen LogP contribution >= 0.6 is 0 Å². The maximum Gasteiger partial charge on any atom is 0.259 e. The SMILES string of the molecule is COc1cc(F)ccc1C1=C(c2ccccc2)C(=O)NC1=O. The Hall–Kier alpha value is -2.95. The minimum atomic E-state index is -0.520. The standard InChI is InChI=1S/C17H12FNO3/c1-22-13-9-11(18)7-8-12(13)15-14(16(20)19-17(15)21)10-5-3-2-4-6-10/h2-9H,1H3,(H,19,20,21). The number of benzene rings is 2. The summed E-state index contributed by atoms with van der Waals surface area (Å²) in [6.07, 6.45) is 0. The number of hydrogen-bond donors (Lipinski definition) is 1. The van der Waals surface area contributed by atoms with Crippen molar-refractivity contribution in [1.29, 1.82) is 0 Å². The van der Waals surface area contributed by atoms with Crippen molar-refractivity contribution in [3.63, 3.8) is 0 Å². The van der Waals surface area contributed by atoms with Gasteiger partial charge in [0.25, 0.3) is 11.8 Å². The van der Waals surface area contributed by atoms with Gasteiger partial charge >= 0.3 is 0 Å². The van der Waals surface area contributed by atoms with Crippen molar-refractivity contribution in [2.45, 2.75) is 0 Å². The number of imide groups is 1. The van der Waals surface area contributed by atoms with Gasteiger partial charge in [0.15, 0.2) is 0 Å². The number of halogens is 1. The molecule has 0 saturated carbocycles. The molecule has 0 fully saturated rings. The van der Waals surface area contributed by atoms with Crippen LogP contribution in [0.1, 0.15) is 11.1 Å². The van der Waals surface area contributed by atoms with E-state index in [1.54, 1.807) is 24.3 Å². The number of carbonyl (C=O) groups excluding carboxylic acids is 2. The molecule has 110 valence electrons. The van der Waals surface area contributed by atoms with E-state index < -0.39 is 17.6 Å². The molecular formula is C17H12FNO3. The first kappa shape index (κ1) is 14.0. The first-order valence-corrected chi connectivity index (χ1v) is 6.61. The largest absolute Gasteiger partial charge is 0.496 e. The summed E-state index contributed by atoms with van der Waals surface area (Å²) in [7, 11) is 1.38. The van der Waals surface area contributed by atoms with Crippen molar-refractivity contribution in [2.75, 3.05) is 7.11 Å². The Morgan fingerprint density at radius 3 is 2.32 bits per heavy atom. The molecule has 0 radical (unpaired) electrons. The van der Waals surface area contributed by atoms with Gasteiger partial charge in [-0.25, -0.2) is 4.39 Å². The Morgan fingerprint density at radius 2 is 1.64 bits per heavy atom. The zero-order chi connectivity index (χ0) is 15.7. The minimum absolute atomic E-state index is 0.188. The Kier molecular flexibility index (Phi) is 3.47. The number of nitrogens with one attached hydrogen (secondary N) is 1. The van der Waals surface area contributed by atoms with Gasteiger partial charge in [0, 0.05) is 11.6 Å². The zero-order valence-corrected chi connectivity index (χ0v) is 11.7. The predicted molar refractivity (Wildman–Crippen MR) is 79.4 cm³/mol. The van der Waals surface area contributed by atoms with E-state index in [1.165, 1.54) is 25.3 Å². The van der Waals surface area contributed by atoms with Gasteiger partial charge < -0.3 is 4.74 Å². The van der Waals surface area contributed by atoms with Crippen LogP contribution in [0.2, 0.25) is 0 Å². The summed E-state index contributed by atoms with van der Waals surface area (Å²) in [5.74, 6) is -1.27. The van der Waals surface area contributed by atoms with Crippen molar-refractivity contribution >= 4 is 23.0 Å². The highest BCUT2D eigenvalue weighted by Crippen LogP contribution is 2.35. The van der Waals surface area contributed by atoms with Crippen LogP contribution in [0.5, 0.6) is 5.75 Å². The molecule has 2 aromatic carbocycles. The molecular weight excluding hydrogens is 285 g/mol. The van der Waals surface area contributed by atoms with Crippen LogP contribution in [-0.4, -0.2) is 18.9 Å². The number of hydrogen-bond acceptors (Lipinski definition) is 3. The first-order valence-electron chi connectivity index (χ1n) is 6.61. The van der Waals surface area contributed by atoms with Gasteiger partial charge in [0.05, 0.1) is 18.3 Å². The van der Waals surface area contributed by atoms with E-state index >= 15 is 0 Å². The van der Waals surface area contributed by atoms with Crippen LogP contribution in [0.3, 0.4) is 0 Å². The smallest absolute Gasteiger partial charge is 0.259 e. The minimum Gasteiger partial charge on any atom is -0.496 e. The molecule has 0 unspecified atom stereocenters. The van der Waals surface area contributed by atoms with Gasteiger partial charge in [-0.1, -0.05) is 30.3 Å². The number of ether oxygens (including phenoxy) is 1. The number of amides is 2. The Bertz CT molecular complexity index is 797. The molecule has 0 aromatic heterocycles. The van der Waals surface area contributed by atoms with Crippen molar-refractivity contribution in [1.82, 2.24) is 5.32 Å². The molecule has 22 heavy (non-hydrogen) atoms. The van der Waals surface area contributed by atoms with Crippen LogP contribution in [0, 0.1) is 5.82 Å². The lowest BCUT2D eigenvalue weighted by molar-refractivity contribution is -0.122. The normalized spacial score (nSPS) is 14.3. The third kappa shape index (κ3) is 2.26. The quantitative estimate of drug-likeness (QED) is 0.885. The predicted octanol–water partition coefficient (Wildman–Crippen LogP) is 2.40. The molecule has 4 nitrogen and oxygen atoms in total. The molecule has 1 aliphatic rings. The number of carbonyl (C=O) groups is 2. The van der Waals surface area contributed by atoms with E-state index in [-0.39, 0.29) is 16.9 Å². The van der Waals surface area contributed by atoms with Crippen molar-refractivity contribution in [2.24, 2.45) is 0 Å². The molecule has 0 atom stereocenters. The second-order valence-corrected chi connectivity index (χ2v) is 4.74. The van der Waals surface area contributed by atoms with Gasteiger partial charge in [-0.3, -0.25) is 14.9 Å². The third-order valence-electron chi connectivity index (χ3n) is 3.43. The molecule has 2 aromatic rings. The molecule has 0 spiro atoms. The highest BCUT2D eigenvalue weighted by atomic mass is 19.1. The fourth-order valence-corrected chi connectivity index (χ4v) is 2.46. The summed E-state index contributed by atoms with van der Waals surface area (Å²) >= 11 is 0. The second kappa shape index (κ2) is 5.44. The van der Waals surface area contributed by atoms with Crippen LogP contribution in [0.25, 0.3) is 11.1 Å². The summed E-state index contributed by atoms with van der Waals surface area (Å²) in [6, 6.07) is 12.7. The molecule has 5 heteroatoms. The van der Waals surface area contributed by atoms with E-state index in [0.29, 0.717) is 11.1 Å². The Balaban J connectivity index is 2.27. The van der Waals surface area contributed by atoms with Crippen LogP contribution in [0.15, 0.2) is 48.5 Å². The average molecular weight is 297 g/mol. The first-order chi connectivity index (χ1) is 10.6. The molecule has 1 aliphatic heterocycles. The molecule has 1 heterocycles. The van der Waals surface area contributed by atoms with E-state index in [9.17, 15) is 14.0 Å². The monoisotopic (exact) mass is 297 g/mol. The summed E-state index contributed by atoms with van der Waals surface area (Å²) in [5, 5.41) is 2.28. The molecule has 0 saturated heterocycles. The van der Waals surface area contributed by atoms with Gasteiger partial charge in [0.1, 0.15) is 11.6 Å². The maximum atomic E-state index is 13.4. The highest BCUT2D eigenvalue weighted by molar-refractivity contribution is 6.49. The van der Waals surface area contributed by atoms with Gasteiger partial charge in [-0.05, 0) is 17.7 Å². The van der Waals surface area contributed by atoms with Crippen LogP contribution in [-0.2, 0) is 9.59 Å². The second-order valence-electron chi connectivity index (χ2n) is 4.74. The zero-order valence-electron chi connectivity index (χ0n) is 11.7. The Morgan fingerprint density at radius 1 is 0.955 bits per heavy atom. The fraction of sp³-hybridized carbons (Fsp3) is 0.0588. The van der Waals surface area contributed by atoms with Gasteiger partial charge in [-0.2, -0.15) is 0 Å². The third-order valence-corrected chi connectivity index (χ3v) is 3.43. The van der Waals surface area contributed by atoms with Gasteiger partial charge in [-0.15, -0.1) is 0 Å². The topological polar surface area (TPSA) is 55.4 Å². The van der Waals surface area contributed by atoms with E-state index in [1.807, 2.05) is 6.07 Å². The lowest BCUT2D eigenvalue weighted by Crippen LogP contribution is -2.22. The summed E-state index contributed by atoms with van der Waals surface area (Å²) < 4.78 is 18.5. The molecule has 0 bridgehead atoms. The number of rotatable bonds is 3. The summed E-state index contributed by atoms with van der Waals surface area (Å²) in [5.41, 5.74) is 1.45. The summed E-state index contributed by atoms with van der Waals surface area (Å²) in [4.78, 5) is 24.3. The lowest BCUT2D eigenvalue weighted by atomic mass is 9.95. The van der Waals surface area contributed by atoms with E-state index in [0.717, 1.165) is 0 Å². The Labute approximate surface area is 126 Å². The average Bonchev–Trinajstić information content (AvgIpc) is 2.82. The van der Waals surface area contributed by atoms with Crippen molar-refractivity contribution in [3.8, 4) is 5.75 Å². The molecule has 0 aliphatic carbocycles. The molecule has 1 N–H and O–H groups in total. The molecule has 3 rings (SSSR count). The molecule has 2 amide bonds. The van der Waals surface area contributed by atoms with E-state index in [4.69, 9.17) is 4.74 Å². The summed E-state index contributed by atoms with van der Waals surface area (Å²) in [6.45, 7) is 0. The van der Waals surface area contributed by atoms with Crippen molar-refractivity contribution < 1.29 is 18.7 Å². The van der Waals surface area contributed by atoms with Crippen LogP contribution < -0.4 is 10.1 Å². The van der Waals surface area contributed by atoms with Crippen LogP contribution in [0.4, 0.5) is 4.39 Å². The highest BCUT2D eigenvalue weighted by Gasteiger charge is 2.33.